The number of hydrogen-bond acceptors (Lipinski definition) is 6. The van der Waals surface area contributed by atoms with E-state index in [0.29, 0.717) is 43.7 Å². The van der Waals surface area contributed by atoms with Crippen molar-refractivity contribution in [3.8, 4) is 17.2 Å². The Balaban J connectivity index is 1.31. The van der Waals surface area contributed by atoms with E-state index >= 15 is 0 Å². The van der Waals surface area contributed by atoms with Crippen molar-refractivity contribution < 1.29 is 28.6 Å². The zero-order chi connectivity index (χ0) is 26.5. The fourth-order valence-corrected chi connectivity index (χ4v) is 4.46. The van der Waals surface area contributed by atoms with E-state index in [1.54, 1.807) is 62.6 Å². The van der Waals surface area contributed by atoms with Gasteiger partial charge in [0.2, 0.25) is 5.91 Å². The lowest BCUT2D eigenvalue weighted by molar-refractivity contribution is -0.151. The molecule has 3 aromatic carbocycles. The van der Waals surface area contributed by atoms with Crippen LogP contribution in [0.5, 0.6) is 17.2 Å². The summed E-state index contributed by atoms with van der Waals surface area (Å²) in [6.45, 7) is 1.46. The van der Waals surface area contributed by atoms with Gasteiger partial charge in [-0.2, -0.15) is 0 Å². The van der Waals surface area contributed by atoms with Crippen LogP contribution in [0.1, 0.15) is 12.0 Å². The number of methoxy groups -OCH3 is 1. The van der Waals surface area contributed by atoms with Crippen molar-refractivity contribution in [2.24, 2.45) is 5.92 Å². The largest absolute Gasteiger partial charge is 0.493 e. The van der Waals surface area contributed by atoms with Crippen LogP contribution in [-0.2, 0) is 19.1 Å². The minimum absolute atomic E-state index is 0.00134. The number of halogens is 2. The van der Waals surface area contributed by atoms with Crippen molar-refractivity contribution >= 4 is 56.7 Å². The molecule has 1 aliphatic rings. The van der Waals surface area contributed by atoms with Crippen LogP contribution in [0, 0.1) is 12.8 Å². The van der Waals surface area contributed by atoms with Gasteiger partial charge in [-0.25, -0.2) is 0 Å². The van der Waals surface area contributed by atoms with Gasteiger partial charge in [-0.05, 0) is 76.9 Å². The van der Waals surface area contributed by atoms with Gasteiger partial charge in [0.1, 0.15) is 5.75 Å². The number of amides is 2. The molecule has 0 saturated carbocycles. The van der Waals surface area contributed by atoms with Gasteiger partial charge < -0.3 is 24.4 Å². The fourth-order valence-electron chi connectivity index (χ4n) is 3.87. The van der Waals surface area contributed by atoms with E-state index in [0.717, 1.165) is 0 Å². The Morgan fingerprint density at radius 1 is 1.08 bits per heavy atom. The molecule has 0 radical (unpaired) electrons. The summed E-state index contributed by atoms with van der Waals surface area (Å²) in [5.41, 5.74) is 1.84. The number of hydrogen-bond donors (Lipinski definition) is 1. The van der Waals surface area contributed by atoms with Gasteiger partial charge in [0.25, 0.3) is 5.91 Å². The number of carbonyl (C=O) groups is 3. The Hall–Kier alpha value is -3.56. The summed E-state index contributed by atoms with van der Waals surface area (Å²) in [6, 6.07) is 17.7. The zero-order valence-electron chi connectivity index (χ0n) is 20.1. The van der Waals surface area contributed by atoms with E-state index in [1.165, 1.54) is 4.90 Å². The number of rotatable bonds is 8. The summed E-state index contributed by atoms with van der Waals surface area (Å²) in [7, 11) is 1.57. The molecule has 3 aromatic rings. The molecule has 1 fully saturated rings. The van der Waals surface area contributed by atoms with Crippen molar-refractivity contribution in [2.75, 3.05) is 30.5 Å². The molecule has 0 aliphatic carbocycles. The van der Waals surface area contributed by atoms with Crippen LogP contribution in [0.25, 0.3) is 0 Å². The second-order valence-corrected chi connectivity index (χ2v) is 9.57. The normalized spacial score (nSPS) is 14.9. The molecule has 2 amide bonds. The Morgan fingerprint density at radius 3 is 2.49 bits per heavy atom. The van der Waals surface area contributed by atoms with Crippen molar-refractivity contribution in [1.82, 2.24) is 0 Å². The number of nitrogens with one attached hydrogen (secondary N) is 1. The maximum absolute atomic E-state index is 12.6. The van der Waals surface area contributed by atoms with Gasteiger partial charge in [0.05, 0.1) is 18.1 Å². The number of nitrogens with zero attached hydrogens (tertiary/aromatic N) is 1. The molecule has 1 heterocycles. The smallest absolute Gasteiger partial charge is 0.311 e. The molecule has 1 atom stereocenters. The number of anilines is 2. The first-order chi connectivity index (χ1) is 17.8. The number of benzene rings is 3. The van der Waals surface area contributed by atoms with Crippen LogP contribution in [-0.4, -0.2) is 38.0 Å². The van der Waals surface area contributed by atoms with Crippen molar-refractivity contribution in [2.45, 2.75) is 13.3 Å². The molecular formula is C27H24BrClN2O6. The van der Waals surface area contributed by atoms with E-state index < -0.39 is 24.4 Å². The Morgan fingerprint density at radius 2 is 1.78 bits per heavy atom. The average molecular weight is 588 g/mol. The van der Waals surface area contributed by atoms with Crippen LogP contribution < -0.4 is 19.7 Å². The van der Waals surface area contributed by atoms with Crippen LogP contribution in [0.2, 0.25) is 5.02 Å². The summed E-state index contributed by atoms with van der Waals surface area (Å²) in [5.74, 6) is -0.232. The van der Waals surface area contributed by atoms with Gasteiger partial charge >= 0.3 is 5.97 Å². The number of para-hydroxylation sites is 2. The van der Waals surface area contributed by atoms with Crippen LogP contribution >= 0.6 is 27.5 Å². The van der Waals surface area contributed by atoms with Crippen LogP contribution in [0.4, 0.5) is 11.4 Å². The topological polar surface area (TPSA) is 94.2 Å². The molecule has 1 N–H and O–H groups in total. The third-order valence-corrected chi connectivity index (χ3v) is 7.24. The lowest BCUT2D eigenvalue weighted by atomic mass is 10.1. The monoisotopic (exact) mass is 586 g/mol. The standard InChI is InChI=1S/C27H24BrClN2O6/c1-16-21(12-11-20(28)26(16)29)30-24(32)15-36-27(34)17-13-25(33)31(14-17)18-7-9-19(10-8-18)37-23-6-4-3-5-22(23)35-2/h3-12,17H,13-15H2,1-2H3,(H,30,32)/t17-/m1/s1. The Labute approximate surface area is 227 Å². The second-order valence-electron chi connectivity index (χ2n) is 8.34. The van der Waals surface area contributed by atoms with Crippen molar-refractivity contribution in [1.29, 1.82) is 0 Å². The molecule has 0 aromatic heterocycles. The van der Waals surface area contributed by atoms with E-state index in [1.807, 2.05) is 12.1 Å². The van der Waals surface area contributed by atoms with Gasteiger partial charge in [-0.1, -0.05) is 23.7 Å². The van der Waals surface area contributed by atoms with Crippen molar-refractivity contribution in [3.05, 3.63) is 75.7 Å². The Bertz CT molecular complexity index is 1330. The highest BCUT2D eigenvalue weighted by Gasteiger charge is 2.36. The second kappa shape index (κ2) is 11.7. The van der Waals surface area contributed by atoms with Gasteiger partial charge in [0, 0.05) is 28.8 Å². The maximum atomic E-state index is 12.6. The minimum Gasteiger partial charge on any atom is -0.493 e. The fraction of sp³-hybridized carbons (Fsp3) is 0.222. The molecule has 10 heteroatoms. The van der Waals surface area contributed by atoms with E-state index in [2.05, 4.69) is 21.2 Å². The van der Waals surface area contributed by atoms with Crippen LogP contribution in [0.3, 0.4) is 0 Å². The van der Waals surface area contributed by atoms with Gasteiger partial charge in [-0.15, -0.1) is 0 Å². The summed E-state index contributed by atoms with van der Waals surface area (Å²) < 4.78 is 17.1. The summed E-state index contributed by atoms with van der Waals surface area (Å²) >= 11 is 9.51. The predicted octanol–water partition coefficient (Wildman–Crippen LogP) is 5.75. The lowest BCUT2D eigenvalue weighted by Crippen LogP contribution is -2.28. The average Bonchev–Trinajstić information content (AvgIpc) is 3.30. The summed E-state index contributed by atoms with van der Waals surface area (Å²) in [4.78, 5) is 39.0. The first-order valence-corrected chi connectivity index (χ1v) is 12.6. The number of esters is 1. The molecule has 4 rings (SSSR count). The molecule has 1 aliphatic heterocycles. The van der Waals surface area contributed by atoms with Gasteiger partial charge in [0.15, 0.2) is 18.1 Å². The lowest BCUT2D eigenvalue weighted by Gasteiger charge is -2.17. The highest BCUT2D eigenvalue weighted by atomic mass is 79.9. The number of carbonyl (C=O) groups excluding carboxylic acids is 3. The zero-order valence-corrected chi connectivity index (χ0v) is 22.5. The highest BCUT2D eigenvalue weighted by Crippen LogP contribution is 2.33. The van der Waals surface area contributed by atoms with E-state index in [4.69, 9.17) is 25.8 Å². The third kappa shape index (κ3) is 6.23. The minimum atomic E-state index is -0.673. The molecule has 0 spiro atoms. The molecule has 1 saturated heterocycles. The van der Waals surface area contributed by atoms with E-state index in [-0.39, 0.29) is 18.9 Å². The number of ether oxygens (including phenoxy) is 3. The Kier molecular flexibility index (Phi) is 8.35. The third-order valence-electron chi connectivity index (χ3n) is 5.86. The molecule has 8 nitrogen and oxygen atoms in total. The highest BCUT2D eigenvalue weighted by molar-refractivity contribution is 9.10. The quantitative estimate of drug-likeness (QED) is 0.338. The molecule has 0 bridgehead atoms. The molecule has 192 valence electrons. The molecule has 0 unspecified atom stereocenters. The van der Waals surface area contributed by atoms with Gasteiger partial charge in [-0.3, -0.25) is 14.4 Å². The molecule has 37 heavy (non-hydrogen) atoms. The summed E-state index contributed by atoms with van der Waals surface area (Å²) in [6.07, 6.45) is 0.00134. The van der Waals surface area contributed by atoms with Crippen LogP contribution in [0.15, 0.2) is 65.1 Å². The maximum Gasteiger partial charge on any atom is 0.311 e. The first kappa shape index (κ1) is 26.5. The van der Waals surface area contributed by atoms with E-state index in [9.17, 15) is 14.4 Å². The van der Waals surface area contributed by atoms with Crippen molar-refractivity contribution in [3.63, 3.8) is 0 Å². The SMILES string of the molecule is COc1ccccc1Oc1ccc(N2C[C@H](C(=O)OCC(=O)Nc3ccc(Br)c(Cl)c3C)CC2=O)cc1. The molecular weight excluding hydrogens is 564 g/mol. The summed E-state index contributed by atoms with van der Waals surface area (Å²) in [5, 5.41) is 3.16. The first-order valence-electron chi connectivity index (χ1n) is 11.4. The predicted molar refractivity (Wildman–Crippen MR) is 143 cm³/mol.